The first-order valence-corrected chi connectivity index (χ1v) is 7.52. The Labute approximate surface area is 125 Å². The molecule has 1 saturated carbocycles. The van der Waals surface area contributed by atoms with Crippen molar-refractivity contribution in [3.63, 3.8) is 0 Å². The molecule has 0 spiro atoms. The lowest BCUT2D eigenvalue weighted by Gasteiger charge is -2.34. The molecule has 1 aliphatic rings. The van der Waals surface area contributed by atoms with Gasteiger partial charge in [0.25, 0.3) is 0 Å². The number of anilines is 1. The van der Waals surface area contributed by atoms with Crippen LogP contribution in [0.25, 0.3) is 11.1 Å². The number of aryl methyl sites for hydroxylation is 1. The summed E-state index contributed by atoms with van der Waals surface area (Å²) in [5, 5.41) is 4.61. The summed E-state index contributed by atoms with van der Waals surface area (Å²) in [5.41, 5.74) is 9.43. The molecule has 0 bridgehead atoms. The number of nitrogens with two attached hydrogens (primary N) is 1. The smallest absolute Gasteiger partial charge is 0.129 e. The molecule has 0 aromatic carbocycles. The molecule has 5 nitrogen and oxygen atoms in total. The third kappa shape index (κ3) is 2.78. The van der Waals surface area contributed by atoms with Crippen LogP contribution in [-0.4, -0.2) is 27.5 Å². The van der Waals surface area contributed by atoms with Gasteiger partial charge in [-0.15, -0.1) is 0 Å². The Morgan fingerprint density at radius 3 is 2.71 bits per heavy atom. The van der Waals surface area contributed by atoms with Crippen LogP contribution in [0.4, 0.5) is 5.82 Å². The van der Waals surface area contributed by atoms with E-state index in [2.05, 4.69) is 10.1 Å². The molecule has 0 atom stereocenters. The second-order valence-corrected chi connectivity index (χ2v) is 5.69. The molecule has 1 fully saturated rings. The number of aromatic nitrogens is 3. The van der Waals surface area contributed by atoms with Crippen molar-refractivity contribution in [2.24, 2.45) is 13.0 Å². The van der Waals surface area contributed by atoms with E-state index < -0.39 is 0 Å². The van der Waals surface area contributed by atoms with Crippen molar-refractivity contribution in [2.75, 3.05) is 12.3 Å². The summed E-state index contributed by atoms with van der Waals surface area (Å²) >= 11 is 0. The van der Waals surface area contributed by atoms with Gasteiger partial charge in [0, 0.05) is 31.6 Å². The minimum Gasteiger partial charge on any atom is -0.383 e. The van der Waals surface area contributed by atoms with Gasteiger partial charge in [-0.2, -0.15) is 5.10 Å². The van der Waals surface area contributed by atoms with Gasteiger partial charge in [-0.3, -0.25) is 9.67 Å². The maximum absolute atomic E-state index is 6.20. The van der Waals surface area contributed by atoms with Crippen molar-refractivity contribution in [3.8, 4) is 11.1 Å². The maximum Gasteiger partial charge on any atom is 0.129 e. The number of hydrogen-bond donors (Lipinski definition) is 1. The van der Waals surface area contributed by atoms with Crippen molar-refractivity contribution in [1.82, 2.24) is 14.8 Å². The number of nitrogens with zero attached hydrogens (tertiary/aromatic N) is 3. The van der Waals surface area contributed by atoms with Crippen molar-refractivity contribution in [3.05, 3.63) is 30.2 Å². The molecule has 0 unspecified atom stereocenters. The lowest BCUT2D eigenvalue weighted by Crippen LogP contribution is -2.32. The van der Waals surface area contributed by atoms with Gasteiger partial charge < -0.3 is 10.5 Å². The fraction of sp³-hybridized carbons (Fsp3) is 0.500. The van der Waals surface area contributed by atoms with Gasteiger partial charge in [0.15, 0.2) is 0 Å². The fourth-order valence-electron chi connectivity index (χ4n) is 3.06. The summed E-state index contributed by atoms with van der Waals surface area (Å²) in [7, 11) is 1.90. The first kappa shape index (κ1) is 14.1. The first-order valence-electron chi connectivity index (χ1n) is 7.52. The molecule has 0 amide bonds. The van der Waals surface area contributed by atoms with E-state index in [0.29, 0.717) is 12.0 Å². The second kappa shape index (κ2) is 5.85. The van der Waals surface area contributed by atoms with Crippen LogP contribution in [0, 0.1) is 5.92 Å². The molecule has 3 rings (SSSR count). The van der Waals surface area contributed by atoms with Crippen LogP contribution in [-0.2, 0) is 18.2 Å². The number of nitrogen functional groups attached to an aromatic ring is 1. The number of pyridine rings is 1. The summed E-state index contributed by atoms with van der Waals surface area (Å²) < 4.78 is 7.40. The zero-order valence-electron chi connectivity index (χ0n) is 12.6. The molecule has 1 aliphatic carbocycles. The van der Waals surface area contributed by atoms with Gasteiger partial charge in [0.05, 0.1) is 11.8 Å². The third-order valence-corrected chi connectivity index (χ3v) is 4.21. The van der Waals surface area contributed by atoms with Crippen LogP contribution >= 0.6 is 0 Å². The van der Waals surface area contributed by atoms with E-state index in [1.807, 2.05) is 26.1 Å². The van der Waals surface area contributed by atoms with Gasteiger partial charge in [-0.1, -0.05) is 0 Å². The van der Waals surface area contributed by atoms with Crippen molar-refractivity contribution >= 4 is 5.82 Å². The third-order valence-electron chi connectivity index (χ3n) is 4.21. The van der Waals surface area contributed by atoms with E-state index in [4.69, 9.17) is 10.5 Å². The van der Waals surface area contributed by atoms with E-state index >= 15 is 0 Å². The highest BCUT2D eigenvalue weighted by Gasteiger charge is 2.31. The quantitative estimate of drug-likeness (QED) is 0.916. The summed E-state index contributed by atoms with van der Waals surface area (Å²) in [6.45, 7) is 2.85. The standard InChI is InChI=1S/C16H22N4O/c1-3-21-13-8-11(9-13)10-14-15(16(17)20(2)19-14)12-4-6-18-7-5-12/h4-7,11,13H,3,8-10,17H2,1-2H3. The monoisotopic (exact) mass is 286 g/mol. The molecule has 2 heterocycles. The molecule has 112 valence electrons. The number of ether oxygens (including phenoxy) is 1. The Hall–Kier alpha value is -1.88. The van der Waals surface area contributed by atoms with E-state index in [0.717, 1.165) is 48.5 Å². The highest BCUT2D eigenvalue weighted by molar-refractivity contribution is 5.76. The predicted octanol–water partition coefficient (Wildman–Crippen LogP) is 2.42. The molecule has 2 aromatic heterocycles. The van der Waals surface area contributed by atoms with Gasteiger partial charge in [0.2, 0.25) is 0 Å². The molecular weight excluding hydrogens is 264 g/mol. The van der Waals surface area contributed by atoms with E-state index in [-0.39, 0.29) is 0 Å². The van der Waals surface area contributed by atoms with Gasteiger partial charge >= 0.3 is 0 Å². The lowest BCUT2D eigenvalue weighted by atomic mass is 9.78. The zero-order chi connectivity index (χ0) is 14.8. The van der Waals surface area contributed by atoms with Crippen LogP contribution in [0.2, 0.25) is 0 Å². The SMILES string of the molecule is CCOC1CC(Cc2nn(C)c(N)c2-c2ccncc2)C1. The molecule has 2 N–H and O–H groups in total. The molecule has 0 saturated heterocycles. The van der Waals surface area contributed by atoms with Crippen molar-refractivity contribution < 1.29 is 4.74 Å². The largest absolute Gasteiger partial charge is 0.383 e. The van der Waals surface area contributed by atoms with Crippen molar-refractivity contribution in [2.45, 2.75) is 32.3 Å². The minimum atomic E-state index is 0.436. The summed E-state index contributed by atoms with van der Waals surface area (Å²) in [6.07, 6.45) is 7.23. The van der Waals surface area contributed by atoms with E-state index in [1.54, 1.807) is 17.1 Å². The average molecular weight is 286 g/mol. The Bertz CT molecular complexity index is 602. The van der Waals surface area contributed by atoms with Gasteiger partial charge in [-0.05, 0) is 49.8 Å². The average Bonchev–Trinajstić information content (AvgIpc) is 2.73. The van der Waals surface area contributed by atoms with Crippen molar-refractivity contribution in [1.29, 1.82) is 0 Å². The molecule has 0 aliphatic heterocycles. The first-order chi connectivity index (χ1) is 10.2. The Balaban J connectivity index is 1.79. The highest BCUT2D eigenvalue weighted by Crippen LogP contribution is 2.36. The van der Waals surface area contributed by atoms with E-state index in [1.165, 1.54) is 0 Å². The molecule has 0 radical (unpaired) electrons. The van der Waals surface area contributed by atoms with E-state index in [9.17, 15) is 0 Å². The molecule has 5 heteroatoms. The summed E-state index contributed by atoms with van der Waals surface area (Å²) in [4.78, 5) is 4.07. The van der Waals surface area contributed by atoms with Gasteiger partial charge in [0.1, 0.15) is 5.82 Å². The molecular formula is C16H22N4O. The fourth-order valence-corrected chi connectivity index (χ4v) is 3.06. The van der Waals surface area contributed by atoms with Crippen LogP contribution in [0.1, 0.15) is 25.5 Å². The van der Waals surface area contributed by atoms with Gasteiger partial charge in [-0.25, -0.2) is 0 Å². The highest BCUT2D eigenvalue weighted by atomic mass is 16.5. The maximum atomic E-state index is 6.20. The topological polar surface area (TPSA) is 66.0 Å². The predicted molar refractivity (Wildman–Crippen MR) is 82.7 cm³/mol. The molecule has 21 heavy (non-hydrogen) atoms. The van der Waals surface area contributed by atoms with Crippen LogP contribution in [0.15, 0.2) is 24.5 Å². The summed E-state index contributed by atoms with van der Waals surface area (Å²) in [6, 6.07) is 3.97. The van der Waals surface area contributed by atoms with Crippen LogP contribution in [0.3, 0.4) is 0 Å². The summed E-state index contributed by atoms with van der Waals surface area (Å²) in [5.74, 6) is 1.37. The number of hydrogen-bond acceptors (Lipinski definition) is 4. The zero-order valence-corrected chi connectivity index (χ0v) is 12.6. The minimum absolute atomic E-state index is 0.436. The lowest BCUT2D eigenvalue weighted by molar-refractivity contribution is -0.0242. The second-order valence-electron chi connectivity index (χ2n) is 5.69. The van der Waals surface area contributed by atoms with Crippen LogP contribution < -0.4 is 5.73 Å². The number of rotatable bonds is 5. The normalized spacial score (nSPS) is 21.2. The Morgan fingerprint density at radius 1 is 1.33 bits per heavy atom. The van der Waals surface area contributed by atoms with Crippen LogP contribution in [0.5, 0.6) is 0 Å². The Kier molecular flexibility index (Phi) is 3.92. The Morgan fingerprint density at radius 2 is 2.05 bits per heavy atom. The molecule has 2 aromatic rings.